The Hall–Kier alpha value is -1.30. The summed E-state index contributed by atoms with van der Waals surface area (Å²) < 4.78 is 41.6. The third-order valence-corrected chi connectivity index (χ3v) is 1.72. The number of aromatic nitrogens is 1. The predicted molar refractivity (Wildman–Crippen MR) is 48.4 cm³/mol. The molecule has 1 aromatic rings. The van der Waals surface area contributed by atoms with Crippen LogP contribution in [-0.2, 0) is 6.18 Å². The van der Waals surface area contributed by atoms with Crippen LogP contribution in [0.1, 0.15) is 12.5 Å². The van der Waals surface area contributed by atoms with Crippen molar-refractivity contribution in [3.63, 3.8) is 0 Å². The molecule has 0 aliphatic rings. The lowest BCUT2D eigenvalue weighted by molar-refractivity contribution is -0.137. The minimum atomic E-state index is -4.37. The molecule has 0 aromatic carbocycles. The molecule has 0 bridgehead atoms. The Balaban J connectivity index is 2.73. The van der Waals surface area contributed by atoms with Gasteiger partial charge in [-0.05, 0) is 13.0 Å². The van der Waals surface area contributed by atoms with Gasteiger partial charge in [0, 0.05) is 18.8 Å². The van der Waals surface area contributed by atoms with E-state index in [1.54, 1.807) is 6.92 Å². The quantitative estimate of drug-likeness (QED) is 0.845. The van der Waals surface area contributed by atoms with Gasteiger partial charge in [-0.25, -0.2) is 4.98 Å². The van der Waals surface area contributed by atoms with Gasteiger partial charge in [0.25, 0.3) is 0 Å². The van der Waals surface area contributed by atoms with Crippen LogP contribution in [0.25, 0.3) is 0 Å². The van der Waals surface area contributed by atoms with E-state index in [9.17, 15) is 13.2 Å². The molecule has 2 N–H and O–H groups in total. The second-order valence-electron chi connectivity index (χ2n) is 3.05. The molecule has 1 heterocycles. The van der Waals surface area contributed by atoms with Gasteiger partial charge in [0.1, 0.15) is 6.10 Å². The number of alkyl halides is 3. The lowest BCUT2D eigenvalue weighted by Crippen LogP contribution is -2.23. The molecule has 3 nitrogen and oxygen atoms in total. The van der Waals surface area contributed by atoms with E-state index in [-0.39, 0.29) is 18.5 Å². The van der Waals surface area contributed by atoms with Gasteiger partial charge >= 0.3 is 6.18 Å². The number of nitrogens with two attached hydrogens (primary N) is 1. The highest BCUT2D eigenvalue weighted by atomic mass is 19.4. The third-order valence-electron chi connectivity index (χ3n) is 1.72. The summed E-state index contributed by atoms with van der Waals surface area (Å²) in [5, 5.41) is 0. The average Bonchev–Trinajstić information content (AvgIpc) is 2.17. The molecular formula is C9H11F3N2O. The number of rotatable bonds is 3. The van der Waals surface area contributed by atoms with Gasteiger partial charge in [0.05, 0.1) is 5.56 Å². The third kappa shape index (κ3) is 3.39. The first-order chi connectivity index (χ1) is 6.93. The number of nitrogens with zero attached hydrogens (tertiary/aromatic N) is 1. The number of halogens is 3. The van der Waals surface area contributed by atoms with E-state index >= 15 is 0 Å². The summed E-state index contributed by atoms with van der Waals surface area (Å²) in [7, 11) is 0. The molecule has 0 amide bonds. The Morgan fingerprint density at radius 3 is 2.53 bits per heavy atom. The minimum absolute atomic E-state index is 0.140. The lowest BCUT2D eigenvalue weighted by atomic mass is 10.3. The largest absolute Gasteiger partial charge is 0.473 e. The molecule has 0 spiro atoms. The van der Waals surface area contributed by atoms with Crippen molar-refractivity contribution in [3.8, 4) is 5.88 Å². The highest BCUT2D eigenvalue weighted by Gasteiger charge is 2.30. The molecule has 0 aliphatic heterocycles. The number of hydrogen-bond acceptors (Lipinski definition) is 3. The maximum Gasteiger partial charge on any atom is 0.417 e. The summed E-state index contributed by atoms with van der Waals surface area (Å²) in [6.07, 6.45) is -3.90. The maximum absolute atomic E-state index is 12.1. The van der Waals surface area contributed by atoms with Crippen molar-refractivity contribution < 1.29 is 17.9 Å². The van der Waals surface area contributed by atoms with Gasteiger partial charge in [-0.2, -0.15) is 13.2 Å². The Morgan fingerprint density at radius 1 is 1.47 bits per heavy atom. The van der Waals surface area contributed by atoms with Crippen LogP contribution in [0.3, 0.4) is 0 Å². The van der Waals surface area contributed by atoms with Crippen molar-refractivity contribution in [1.82, 2.24) is 4.98 Å². The Labute approximate surface area is 85.1 Å². The fourth-order valence-corrected chi connectivity index (χ4v) is 0.872. The van der Waals surface area contributed by atoms with Crippen molar-refractivity contribution in [1.29, 1.82) is 0 Å². The molecule has 1 aromatic heterocycles. The first kappa shape index (κ1) is 11.8. The molecule has 0 radical (unpaired) electrons. The SMILES string of the molecule is CC(CN)Oc1ccc(C(F)(F)F)cn1. The van der Waals surface area contributed by atoms with Crippen LogP contribution in [0.5, 0.6) is 5.88 Å². The minimum Gasteiger partial charge on any atom is -0.473 e. The predicted octanol–water partition coefficient (Wildman–Crippen LogP) is 1.83. The second kappa shape index (κ2) is 4.48. The molecule has 0 fully saturated rings. The molecule has 84 valence electrons. The van der Waals surface area contributed by atoms with E-state index in [4.69, 9.17) is 10.5 Å². The molecular weight excluding hydrogens is 209 g/mol. The molecule has 6 heteroatoms. The summed E-state index contributed by atoms with van der Waals surface area (Å²) in [5.74, 6) is 0.140. The van der Waals surface area contributed by atoms with E-state index < -0.39 is 11.7 Å². The molecule has 1 rings (SSSR count). The van der Waals surface area contributed by atoms with Gasteiger partial charge in [-0.3, -0.25) is 0 Å². The fraction of sp³-hybridized carbons (Fsp3) is 0.444. The smallest absolute Gasteiger partial charge is 0.417 e. The topological polar surface area (TPSA) is 48.1 Å². The van der Waals surface area contributed by atoms with E-state index in [2.05, 4.69) is 4.98 Å². The standard InChI is InChI=1S/C9H11F3N2O/c1-6(4-13)15-8-3-2-7(5-14-8)9(10,11)12/h2-3,5-6H,4,13H2,1H3. The zero-order valence-electron chi connectivity index (χ0n) is 8.08. The Kier molecular flexibility index (Phi) is 3.52. The van der Waals surface area contributed by atoms with Gasteiger partial charge in [0.15, 0.2) is 0 Å². The Bertz CT molecular complexity index is 310. The first-order valence-corrected chi connectivity index (χ1v) is 4.33. The highest BCUT2D eigenvalue weighted by molar-refractivity contribution is 5.20. The zero-order chi connectivity index (χ0) is 11.5. The number of pyridine rings is 1. The number of ether oxygens (including phenoxy) is 1. The summed E-state index contributed by atoms with van der Waals surface area (Å²) in [4.78, 5) is 3.54. The summed E-state index contributed by atoms with van der Waals surface area (Å²) >= 11 is 0. The van der Waals surface area contributed by atoms with Crippen molar-refractivity contribution in [2.24, 2.45) is 5.73 Å². The lowest BCUT2D eigenvalue weighted by Gasteiger charge is -2.12. The van der Waals surface area contributed by atoms with Gasteiger partial charge in [-0.15, -0.1) is 0 Å². The van der Waals surface area contributed by atoms with Crippen molar-refractivity contribution >= 4 is 0 Å². The van der Waals surface area contributed by atoms with Gasteiger partial charge in [-0.1, -0.05) is 0 Å². The van der Waals surface area contributed by atoms with Crippen LogP contribution >= 0.6 is 0 Å². The summed E-state index contributed by atoms with van der Waals surface area (Å²) in [5.41, 5.74) is 4.49. The maximum atomic E-state index is 12.1. The molecule has 1 unspecified atom stereocenters. The van der Waals surface area contributed by atoms with Crippen LogP contribution in [0.2, 0.25) is 0 Å². The second-order valence-corrected chi connectivity index (χ2v) is 3.05. The van der Waals surface area contributed by atoms with E-state index in [1.807, 2.05) is 0 Å². The first-order valence-electron chi connectivity index (χ1n) is 4.33. The fourth-order valence-electron chi connectivity index (χ4n) is 0.872. The molecule has 0 saturated heterocycles. The highest BCUT2D eigenvalue weighted by Crippen LogP contribution is 2.29. The van der Waals surface area contributed by atoms with Crippen LogP contribution in [0, 0.1) is 0 Å². The summed E-state index contributed by atoms with van der Waals surface area (Å²) in [6, 6.07) is 2.10. The molecule has 15 heavy (non-hydrogen) atoms. The van der Waals surface area contributed by atoms with E-state index in [0.29, 0.717) is 0 Å². The average molecular weight is 220 g/mol. The zero-order valence-corrected chi connectivity index (χ0v) is 8.08. The number of hydrogen-bond donors (Lipinski definition) is 1. The van der Waals surface area contributed by atoms with Crippen LogP contribution in [0.4, 0.5) is 13.2 Å². The normalized spacial score (nSPS) is 13.7. The van der Waals surface area contributed by atoms with Crippen LogP contribution < -0.4 is 10.5 Å². The summed E-state index contributed by atoms with van der Waals surface area (Å²) in [6.45, 7) is 1.99. The van der Waals surface area contributed by atoms with Gasteiger partial charge in [0.2, 0.25) is 5.88 Å². The van der Waals surface area contributed by atoms with Crippen LogP contribution in [-0.4, -0.2) is 17.6 Å². The van der Waals surface area contributed by atoms with E-state index in [1.165, 1.54) is 6.07 Å². The molecule has 0 saturated carbocycles. The monoisotopic (exact) mass is 220 g/mol. The Morgan fingerprint density at radius 2 is 2.13 bits per heavy atom. The van der Waals surface area contributed by atoms with Crippen molar-refractivity contribution in [2.45, 2.75) is 19.2 Å². The van der Waals surface area contributed by atoms with E-state index in [0.717, 1.165) is 12.3 Å². The van der Waals surface area contributed by atoms with Crippen molar-refractivity contribution in [3.05, 3.63) is 23.9 Å². The van der Waals surface area contributed by atoms with Crippen LogP contribution in [0.15, 0.2) is 18.3 Å². The molecule has 0 aliphatic carbocycles. The van der Waals surface area contributed by atoms with Gasteiger partial charge < -0.3 is 10.5 Å². The molecule has 1 atom stereocenters. The van der Waals surface area contributed by atoms with Crippen molar-refractivity contribution in [2.75, 3.05) is 6.54 Å².